The van der Waals surface area contributed by atoms with Gasteiger partial charge in [0.25, 0.3) is 11.8 Å². The molecule has 11 nitrogen and oxygen atoms in total. The smallest absolute Gasteiger partial charge is 0.356 e. The molecule has 2 aromatic carbocycles. The highest BCUT2D eigenvalue weighted by atomic mass is 35.5. The molecule has 0 unspecified atom stereocenters. The molecule has 0 spiro atoms. The molecule has 2 N–H and O–H groups in total. The van der Waals surface area contributed by atoms with Crippen molar-refractivity contribution in [3.05, 3.63) is 94.1 Å². The molecule has 1 aromatic heterocycles. The predicted molar refractivity (Wildman–Crippen MR) is 166 cm³/mol. The van der Waals surface area contributed by atoms with Crippen LogP contribution >= 0.6 is 34.7 Å². The van der Waals surface area contributed by atoms with Crippen molar-refractivity contribution in [3.8, 4) is 0 Å². The highest BCUT2D eigenvalue weighted by Gasteiger charge is 2.55. The number of alkyl halides is 1. The van der Waals surface area contributed by atoms with Crippen molar-refractivity contribution in [1.82, 2.24) is 15.2 Å². The van der Waals surface area contributed by atoms with Gasteiger partial charge in [0.2, 0.25) is 6.41 Å². The largest absolute Gasteiger partial charge is 0.448 e. The van der Waals surface area contributed by atoms with Crippen LogP contribution in [-0.4, -0.2) is 68.9 Å². The number of anilines is 1. The molecule has 2 atom stereocenters. The lowest BCUT2D eigenvalue weighted by molar-refractivity contribution is -0.154. The molecule has 0 radical (unpaired) electrons. The van der Waals surface area contributed by atoms with Crippen LogP contribution < -0.4 is 10.6 Å². The van der Waals surface area contributed by atoms with Gasteiger partial charge in [-0.1, -0.05) is 65.8 Å². The van der Waals surface area contributed by atoms with E-state index in [2.05, 4.69) is 20.8 Å². The molecule has 2 aliphatic heterocycles. The third-order valence-corrected chi connectivity index (χ3v) is 9.52. The number of amides is 3. The molecule has 3 aromatic rings. The summed E-state index contributed by atoms with van der Waals surface area (Å²) in [4.78, 5) is 62.6. The Bertz CT molecular complexity index is 1590. The van der Waals surface area contributed by atoms with E-state index >= 15 is 0 Å². The quantitative estimate of drug-likeness (QED) is 0.0753. The van der Waals surface area contributed by atoms with E-state index < -0.39 is 35.3 Å². The van der Waals surface area contributed by atoms with Gasteiger partial charge in [-0.3, -0.25) is 19.3 Å². The number of nitrogens with one attached hydrogen (secondary N) is 2. The first-order valence-corrected chi connectivity index (χ1v) is 16.2. The minimum absolute atomic E-state index is 0.0304. The lowest BCUT2D eigenvalue weighted by atomic mass is 10.0. The Morgan fingerprint density at radius 2 is 1.80 bits per heavy atom. The number of thioether (sulfide) groups is 1. The number of carbonyl (C=O) groups excluding carboxylic acids is 4. The Kier molecular flexibility index (Phi) is 8.96. The number of carbonyl (C=O) groups is 4. The number of aromatic nitrogens is 1. The van der Waals surface area contributed by atoms with Crippen molar-refractivity contribution in [1.29, 1.82) is 0 Å². The summed E-state index contributed by atoms with van der Waals surface area (Å²) in [7, 11) is 0. The third kappa shape index (κ3) is 6.21. The Labute approximate surface area is 265 Å². The number of hydrogen-bond donors (Lipinski definition) is 2. The number of β-lactam (4-membered cyclic amide) rings is 1. The molecule has 44 heavy (non-hydrogen) atoms. The molecule has 1 aliphatic carbocycles. The van der Waals surface area contributed by atoms with Crippen LogP contribution in [0.15, 0.2) is 82.5 Å². The second kappa shape index (κ2) is 13.2. The average molecular weight is 652 g/mol. The van der Waals surface area contributed by atoms with Gasteiger partial charge in [-0.2, -0.15) is 0 Å². The van der Waals surface area contributed by atoms with Gasteiger partial charge in [0, 0.05) is 17.0 Å². The standard InChI is InChI=1S/C30H26ClN5O6S2/c31-13-19-14-43-28-23(34-26(38)22(35-42-20-11-12-20)21-15-44-30(33-21)32-16-37)27(39)36(28)24(19)29(40)41-25(17-7-3-1-4-8-17)18-9-5-2-6-10-18/h1-10,15-16,20,23,25,28H,11-14H2,(H,34,38)(H,32,33,37)/b35-22-/t23-,28-/m1/s1. The summed E-state index contributed by atoms with van der Waals surface area (Å²) >= 11 is 8.75. The fourth-order valence-electron chi connectivity index (χ4n) is 4.74. The van der Waals surface area contributed by atoms with E-state index in [-0.39, 0.29) is 34.2 Å². The molecule has 14 heteroatoms. The molecule has 3 aliphatic rings. The van der Waals surface area contributed by atoms with Gasteiger partial charge in [-0.15, -0.1) is 34.7 Å². The number of halogens is 1. The number of fused-ring (bicyclic) bond motifs is 1. The third-order valence-electron chi connectivity index (χ3n) is 7.08. The summed E-state index contributed by atoms with van der Waals surface area (Å²) in [6.45, 7) is 0. The fraction of sp³-hybridized carbons (Fsp3) is 0.267. The first-order chi connectivity index (χ1) is 21.5. The molecule has 6 rings (SSSR count). The van der Waals surface area contributed by atoms with Crippen LogP contribution in [0.2, 0.25) is 0 Å². The van der Waals surface area contributed by atoms with Crippen LogP contribution in [-0.2, 0) is 28.8 Å². The molecule has 0 bridgehead atoms. The minimum atomic E-state index is -0.941. The number of thiazole rings is 1. The van der Waals surface area contributed by atoms with Gasteiger partial charge in [0.1, 0.15) is 28.9 Å². The molecular formula is C30H26ClN5O6S2. The maximum atomic E-state index is 13.8. The second-order valence-electron chi connectivity index (χ2n) is 10.1. The zero-order chi connectivity index (χ0) is 30.6. The summed E-state index contributed by atoms with van der Waals surface area (Å²) in [5.74, 6) is -1.43. The summed E-state index contributed by atoms with van der Waals surface area (Å²) in [6.07, 6.45) is 1.34. The number of hydrogen-bond acceptors (Lipinski definition) is 10. The van der Waals surface area contributed by atoms with Gasteiger partial charge in [-0.05, 0) is 29.5 Å². The number of nitrogens with zero attached hydrogens (tertiary/aromatic N) is 3. The summed E-state index contributed by atoms with van der Waals surface area (Å²) in [5.41, 5.74) is 2.27. The Morgan fingerprint density at radius 1 is 1.11 bits per heavy atom. The van der Waals surface area contributed by atoms with Crippen molar-refractivity contribution < 1.29 is 28.8 Å². The zero-order valence-corrected chi connectivity index (χ0v) is 25.4. The minimum Gasteiger partial charge on any atom is -0.448 e. The number of oxime groups is 1. The van der Waals surface area contributed by atoms with Crippen LogP contribution in [0.25, 0.3) is 0 Å². The van der Waals surface area contributed by atoms with Crippen molar-refractivity contribution >= 4 is 69.7 Å². The van der Waals surface area contributed by atoms with Gasteiger partial charge in [0.15, 0.2) is 16.9 Å². The molecule has 226 valence electrons. The highest BCUT2D eigenvalue weighted by molar-refractivity contribution is 8.00. The maximum absolute atomic E-state index is 13.8. The lowest BCUT2D eigenvalue weighted by Crippen LogP contribution is -2.71. The normalized spacial score (nSPS) is 19.6. The lowest BCUT2D eigenvalue weighted by Gasteiger charge is -2.49. The van der Waals surface area contributed by atoms with Crippen molar-refractivity contribution in [3.63, 3.8) is 0 Å². The van der Waals surface area contributed by atoms with E-state index in [0.717, 1.165) is 35.3 Å². The van der Waals surface area contributed by atoms with Crippen molar-refractivity contribution in [2.24, 2.45) is 5.16 Å². The number of ether oxygens (including phenoxy) is 1. The monoisotopic (exact) mass is 651 g/mol. The molecule has 1 saturated heterocycles. The second-order valence-corrected chi connectivity index (χ2v) is 12.3. The van der Waals surface area contributed by atoms with E-state index in [1.54, 1.807) is 5.38 Å². The van der Waals surface area contributed by atoms with Crippen LogP contribution in [0.5, 0.6) is 0 Å². The molecular weight excluding hydrogens is 626 g/mol. The van der Waals surface area contributed by atoms with Crippen LogP contribution in [0.3, 0.4) is 0 Å². The first-order valence-electron chi connectivity index (χ1n) is 13.7. The van der Waals surface area contributed by atoms with E-state index in [0.29, 0.717) is 17.7 Å². The Hall–Kier alpha value is -4.20. The number of rotatable bonds is 12. The molecule has 1 saturated carbocycles. The average Bonchev–Trinajstić information content (AvgIpc) is 3.78. The van der Waals surface area contributed by atoms with E-state index in [1.807, 2.05) is 60.7 Å². The molecule has 3 heterocycles. The van der Waals surface area contributed by atoms with Gasteiger partial charge >= 0.3 is 5.97 Å². The van der Waals surface area contributed by atoms with E-state index in [9.17, 15) is 19.2 Å². The summed E-state index contributed by atoms with van der Waals surface area (Å²) in [6, 6.07) is 17.7. The van der Waals surface area contributed by atoms with Gasteiger partial charge < -0.3 is 20.2 Å². The van der Waals surface area contributed by atoms with Crippen LogP contribution in [0, 0.1) is 0 Å². The van der Waals surface area contributed by atoms with E-state index in [4.69, 9.17) is 21.2 Å². The summed E-state index contributed by atoms with van der Waals surface area (Å²) < 4.78 is 6.07. The van der Waals surface area contributed by atoms with Crippen LogP contribution in [0.1, 0.15) is 35.8 Å². The Morgan fingerprint density at radius 3 is 2.41 bits per heavy atom. The van der Waals surface area contributed by atoms with Crippen molar-refractivity contribution in [2.75, 3.05) is 16.9 Å². The predicted octanol–water partition coefficient (Wildman–Crippen LogP) is 3.82. The van der Waals surface area contributed by atoms with E-state index in [1.165, 1.54) is 16.7 Å². The Balaban J connectivity index is 1.21. The molecule has 3 amide bonds. The molecule has 2 fully saturated rings. The first kappa shape index (κ1) is 29.9. The highest BCUT2D eigenvalue weighted by Crippen LogP contribution is 2.42. The SMILES string of the molecule is O=CNc1nc(/C(=N/OC2CC2)C(=O)N[C@@H]2C(=O)N3C(C(=O)OC(c4ccccc4)c4ccccc4)=C(CCl)CS[C@H]23)cs1. The van der Waals surface area contributed by atoms with Crippen molar-refractivity contribution in [2.45, 2.75) is 36.5 Å². The summed E-state index contributed by atoms with van der Waals surface area (Å²) in [5, 5.41) is 10.5. The fourth-order valence-corrected chi connectivity index (χ4v) is 7.07. The topological polar surface area (TPSA) is 139 Å². The number of benzene rings is 2. The number of esters is 1. The maximum Gasteiger partial charge on any atom is 0.356 e. The van der Waals surface area contributed by atoms with Gasteiger partial charge in [-0.25, -0.2) is 9.78 Å². The van der Waals surface area contributed by atoms with Crippen LogP contribution in [0.4, 0.5) is 5.13 Å². The van der Waals surface area contributed by atoms with Gasteiger partial charge in [0.05, 0.1) is 0 Å². The zero-order valence-electron chi connectivity index (χ0n) is 23.1.